The highest BCUT2D eigenvalue weighted by Crippen LogP contribution is 2.08. The molecule has 1 rings (SSSR count). The molecule has 0 heterocycles. The highest BCUT2D eigenvalue weighted by molar-refractivity contribution is 5.97. The Balaban J connectivity index is 2.52. The van der Waals surface area contributed by atoms with E-state index in [2.05, 4.69) is 5.32 Å². The molecule has 1 N–H and O–H groups in total. The summed E-state index contributed by atoms with van der Waals surface area (Å²) < 4.78 is 17.9. The highest BCUT2D eigenvalue weighted by atomic mass is 19.1. The van der Waals surface area contributed by atoms with E-state index >= 15 is 0 Å². The van der Waals surface area contributed by atoms with Crippen molar-refractivity contribution in [3.8, 4) is 0 Å². The van der Waals surface area contributed by atoms with Gasteiger partial charge in [-0.25, -0.2) is 4.39 Å². The van der Waals surface area contributed by atoms with Gasteiger partial charge < -0.3 is 10.1 Å². The third-order valence-electron chi connectivity index (χ3n) is 2.13. The fourth-order valence-corrected chi connectivity index (χ4v) is 1.38. The fraction of sp³-hybridized carbons (Fsp3) is 0.417. The zero-order valence-electron chi connectivity index (χ0n) is 9.55. The number of methoxy groups -OCH3 is 1. The third-order valence-corrected chi connectivity index (χ3v) is 2.13. The quantitative estimate of drug-likeness (QED) is 0.589. The first-order chi connectivity index (χ1) is 7.63. The first kappa shape index (κ1) is 12.8. The van der Waals surface area contributed by atoms with E-state index in [4.69, 9.17) is 4.74 Å². The van der Waals surface area contributed by atoms with Crippen molar-refractivity contribution < 1.29 is 13.9 Å². The Morgan fingerprint density at radius 1 is 1.44 bits per heavy atom. The third kappa shape index (κ3) is 4.08. The van der Waals surface area contributed by atoms with Crippen LogP contribution in [0.4, 0.5) is 4.39 Å². The molecular weight excluding hydrogens is 209 g/mol. The summed E-state index contributed by atoms with van der Waals surface area (Å²) in [6.45, 7) is 3.12. The molecule has 0 amide bonds. The summed E-state index contributed by atoms with van der Waals surface area (Å²) in [5, 5.41) is 2.93. The number of rotatable bonds is 6. The summed E-state index contributed by atoms with van der Waals surface area (Å²) in [5.41, 5.74) is 1.16. The van der Waals surface area contributed by atoms with Crippen molar-refractivity contribution in [3.05, 3.63) is 35.1 Å². The Hall–Kier alpha value is -1.26. The monoisotopic (exact) mass is 225 g/mol. The number of Topliss-reactive ketones (excluding diaryl/α,β-unsaturated/α-hetero) is 1. The zero-order valence-corrected chi connectivity index (χ0v) is 9.55. The van der Waals surface area contributed by atoms with Gasteiger partial charge in [-0.3, -0.25) is 4.79 Å². The maximum atomic E-state index is 13.0. The lowest BCUT2D eigenvalue weighted by Crippen LogP contribution is -2.26. The van der Waals surface area contributed by atoms with Crippen LogP contribution in [0.5, 0.6) is 0 Å². The first-order valence-electron chi connectivity index (χ1n) is 5.13. The lowest BCUT2D eigenvalue weighted by molar-refractivity contribution is 0.0987. The van der Waals surface area contributed by atoms with Crippen molar-refractivity contribution >= 4 is 5.78 Å². The van der Waals surface area contributed by atoms with Gasteiger partial charge in [0.1, 0.15) is 5.82 Å². The Morgan fingerprint density at radius 2 is 2.19 bits per heavy atom. The first-order valence-corrected chi connectivity index (χ1v) is 5.13. The number of halogens is 1. The number of ether oxygens (including phenoxy) is 1. The summed E-state index contributed by atoms with van der Waals surface area (Å²) in [5.74, 6) is -0.487. The minimum absolute atomic E-state index is 0.112. The topological polar surface area (TPSA) is 38.3 Å². The van der Waals surface area contributed by atoms with Gasteiger partial charge in [-0.1, -0.05) is 0 Å². The molecule has 0 saturated carbocycles. The van der Waals surface area contributed by atoms with E-state index in [9.17, 15) is 9.18 Å². The largest absolute Gasteiger partial charge is 0.383 e. The van der Waals surface area contributed by atoms with Crippen molar-refractivity contribution in [2.75, 3.05) is 26.8 Å². The number of carbonyl (C=O) groups excluding carboxylic acids is 1. The second-order valence-corrected chi connectivity index (χ2v) is 3.61. The summed E-state index contributed by atoms with van der Waals surface area (Å²) in [7, 11) is 1.60. The van der Waals surface area contributed by atoms with Crippen LogP contribution in [-0.4, -0.2) is 32.6 Å². The molecule has 16 heavy (non-hydrogen) atoms. The number of hydrogen-bond acceptors (Lipinski definition) is 3. The Kier molecular flexibility index (Phi) is 5.08. The number of ketones is 1. The van der Waals surface area contributed by atoms with Gasteiger partial charge in [-0.15, -0.1) is 0 Å². The SMILES string of the molecule is COCCNCC(=O)c1cc(C)cc(F)c1. The van der Waals surface area contributed by atoms with Gasteiger partial charge >= 0.3 is 0 Å². The van der Waals surface area contributed by atoms with E-state index in [1.807, 2.05) is 0 Å². The van der Waals surface area contributed by atoms with Gasteiger partial charge in [0.25, 0.3) is 0 Å². The Bertz CT molecular complexity index is 346. The van der Waals surface area contributed by atoms with E-state index in [1.54, 1.807) is 20.1 Å². The average Bonchev–Trinajstić information content (AvgIpc) is 2.22. The van der Waals surface area contributed by atoms with Crippen LogP contribution in [0.2, 0.25) is 0 Å². The normalized spacial score (nSPS) is 10.4. The van der Waals surface area contributed by atoms with Crippen molar-refractivity contribution in [1.82, 2.24) is 5.32 Å². The molecule has 0 unspecified atom stereocenters. The minimum atomic E-state index is -0.375. The Morgan fingerprint density at radius 3 is 2.81 bits per heavy atom. The maximum Gasteiger partial charge on any atom is 0.176 e. The van der Waals surface area contributed by atoms with E-state index in [-0.39, 0.29) is 18.1 Å². The molecule has 0 bridgehead atoms. The molecule has 0 atom stereocenters. The smallest absolute Gasteiger partial charge is 0.176 e. The van der Waals surface area contributed by atoms with Crippen LogP contribution in [0.3, 0.4) is 0 Å². The predicted molar refractivity (Wildman–Crippen MR) is 60.2 cm³/mol. The van der Waals surface area contributed by atoms with Crippen molar-refractivity contribution in [3.63, 3.8) is 0 Å². The van der Waals surface area contributed by atoms with Gasteiger partial charge in [0.05, 0.1) is 13.2 Å². The molecule has 4 heteroatoms. The van der Waals surface area contributed by atoms with Crippen molar-refractivity contribution in [2.24, 2.45) is 0 Å². The molecule has 1 aromatic carbocycles. The van der Waals surface area contributed by atoms with Crippen LogP contribution in [-0.2, 0) is 4.74 Å². The molecule has 1 aromatic rings. The van der Waals surface area contributed by atoms with Gasteiger partial charge in [0, 0.05) is 19.2 Å². The summed E-state index contributed by atoms with van der Waals surface area (Å²) in [4.78, 5) is 11.6. The molecule has 0 saturated heterocycles. The van der Waals surface area contributed by atoms with Crippen LogP contribution >= 0.6 is 0 Å². The van der Waals surface area contributed by atoms with Crippen LogP contribution in [0.1, 0.15) is 15.9 Å². The molecule has 0 aliphatic rings. The maximum absolute atomic E-state index is 13.0. The van der Waals surface area contributed by atoms with E-state index in [0.29, 0.717) is 18.7 Å². The molecule has 88 valence electrons. The molecule has 0 aliphatic heterocycles. The molecule has 0 spiro atoms. The number of carbonyl (C=O) groups is 1. The Labute approximate surface area is 94.6 Å². The average molecular weight is 225 g/mol. The van der Waals surface area contributed by atoms with Gasteiger partial charge in [0.15, 0.2) is 5.78 Å². The lowest BCUT2D eigenvalue weighted by atomic mass is 10.1. The van der Waals surface area contributed by atoms with Crippen LogP contribution < -0.4 is 5.32 Å². The van der Waals surface area contributed by atoms with Crippen LogP contribution in [0.25, 0.3) is 0 Å². The van der Waals surface area contributed by atoms with Crippen LogP contribution in [0.15, 0.2) is 18.2 Å². The number of benzene rings is 1. The molecule has 0 aliphatic carbocycles. The second kappa shape index (κ2) is 6.35. The molecule has 0 aromatic heterocycles. The fourth-order valence-electron chi connectivity index (χ4n) is 1.38. The second-order valence-electron chi connectivity index (χ2n) is 3.61. The summed E-state index contributed by atoms with van der Waals surface area (Å²) in [6, 6.07) is 4.34. The van der Waals surface area contributed by atoms with E-state index in [1.165, 1.54) is 12.1 Å². The number of aryl methyl sites for hydroxylation is 1. The molecule has 3 nitrogen and oxygen atoms in total. The van der Waals surface area contributed by atoms with Gasteiger partial charge in [-0.05, 0) is 30.7 Å². The highest BCUT2D eigenvalue weighted by Gasteiger charge is 2.07. The standard InChI is InChI=1S/C12H16FNO2/c1-9-5-10(7-11(13)6-9)12(15)8-14-3-4-16-2/h5-7,14H,3-4,8H2,1-2H3. The minimum Gasteiger partial charge on any atom is -0.383 e. The van der Waals surface area contributed by atoms with Crippen molar-refractivity contribution in [1.29, 1.82) is 0 Å². The lowest BCUT2D eigenvalue weighted by Gasteiger charge is -2.04. The van der Waals surface area contributed by atoms with E-state index < -0.39 is 0 Å². The van der Waals surface area contributed by atoms with Gasteiger partial charge in [0.2, 0.25) is 0 Å². The number of nitrogens with one attached hydrogen (secondary N) is 1. The summed E-state index contributed by atoms with van der Waals surface area (Å²) >= 11 is 0. The molecule has 0 radical (unpaired) electrons. The van der Waals surface area contributed by atoms with E-state index in [0.717, 1.165) is 5.56 Å². The van der Waals surface area contributed by atoms with Crippen molar-refractivity contribution in [2.45, 2.75) is 6.92 Å². The number of hydrogen-bond donors (Lipinski definition) is 1. The van der Waals surface area contributed by atoms with Crippen LogP contribution in [0, 0.1) is 12.7 Å². The molecule has 0 fully saturated rings. The van der Waals surface area contributed by atoms with Gasteiger partial charge in [-0.2, -0.15) is 0 Å². The summed E-state index contributed by atoms with van der Waals surface area (Å²) in [6.07, 6.45) is 0. The molecular formula is C12H16FNO2. The predicted octanol–water partition coefficient (Wildman–Crippen LogP) is 1.55. The zero-order chi connectivity index (χ0) is 12.0.